The zero-order valence-corrected chi connectivity index (χ0v) is 25.0. The number of nitrogens with zero attached hydrogens (tertiary/aromatic N) is 2. The number of allylic oxidation sites excluding steroid dienone is 1. The molecule has 5 aliphatic rings. The summed E-state index contributed by atoms with van der Waals surface area (Å²) in [5.74, 6) is 1.42. The Morgan fingerprint density at radius 3 is 2.49 bits per heavy atom. The lowest BCUT2D eigenvalue weighted by molar-refractivity contribution is -0.126. The highest BCUT2D eigenvalue weighted by atomic mass is 35.5. The van der Waals surface area contributed by atoms with Gasteiger partial charge in [0.15, 0.2) is 0 Å². The number of fused-ring (bicyclic) bond motifs is 1. The predicted octanol–water partition coefficient (Wildman–Crippen LogP) is 0.657. The van der Waals surface area contributed by atoms with Crippen LogP contribution in [0.15, 0.2) is 11.3 Å². The first-order valence-corrected chi connectivity index (χ1v) is 17.3. The fourth-order valence-corrected chi connectivity index (χ4v) is 8.97. The topological polar surface area (TPSA) is 129 Å². The van der Waals surface area contributed by atoms with Crippen molar-refractivity contribution in [3.05, 3.63) is 11.3 Å². The monoisotopic (exact) mass is 583 g/mol. The van der Waals surface area contributed by atoms with Crippen LogP contribution in [0.25, 0.3) is 0 Å². The lowest BCUT2D eigenvalue weighted by atomic mass is 9.77. The van der Waals surface area contributed by atoms with Gasteiger partial charge in [0.25, 0.3) is 0 Å². The molecule has 0 aromatic carbocycles. The van der Waals surface area contributed by atoms with E-state index in [1.165, 1.54) is 12.0 Å². The number of hydrogen-bond acceptors (Lipinski definition) is 8. The summed E-state index contributed by atoms with van der Waals surface area (Å²) < 4.78 is 11.8. The highest BCUT2D eigenvalue weighted by Crippen LogP contribution is 2.38. The number of carbonyl (C=O) groups excluding carboxylic acids is 1. The molecule has 4 fully saturated rings. The van der Waals surface area contributed by atoms with E-state index < -0.39 is 22.9 Å². The van der Waals surface area contributed by atoms with Crippen LogP contribution < -0.4 is 27.4 Å². The average molecular weight is 584 g/mol. The molecule has 0 spiro atoms. The van der Waals surface area contributed by atoms with Crippen LogP contribution in [-0.2, 0) is 15.6 Å². The first kappa shape index (κ1) is 29.7. The second-order valence-corrected chi connectivity index (χ2v) is 14.6. The van der Waals surface area contributed by atoms with E-state index in [2.05, 4.69) is 25.8 Å². The molecule has 39 heavy (non-hydrogen) atoms. The first-order chi connectivity index (χ1) is 18.9. The van der Waals surface area contributed by atoms with Crippen molar-refractivity contribution in [2.45, 2.75) is 87.5 Å². The van der Waals surface area contributed by atoms with Gasteiger partial charge in [0.2, 0.25) is 5.91 Å². The third-order valence-electron chi connectivity index (χ3n) is 9.88. The number of amides is 1. The van der Waals surface area contributed by atoms with Crippen LogP contribution in [0.3, 0.4) is 0 Å². The Kier molecular flexibility index (Phi) is 10.6. The van der Waals surface area contributed by atoms with Crippen molar-refractivity contribution in [3.63, 3.8) is 0 Å². The number of nitrogens with one attached hydrogen (secondary N) is 3. The van der Waals surface area contributed by atoms with Crippen LogP contribution in [0.1, 0.15) is 57.8 Å². The van der Waals surface area contributed by atoms with Gasteiger partial charge in [-0.25, -0.2) is 0 Å². The van der Waals surface area contributed by atoms with E-state index in [-0.39, 0.29) is 17.3 Å². The summed E-state index contributed by atoms with van der Waals surface area (Å²) in [6.45, 7) is 6.35. The molecule has 1 saturated carbocycles. The summed E-state index contributed by atoms with van der Waals surface area (Å²) in [5.41, 5.74) is 15.0. The van der Waals surface area contributed by atoms with Crippen molar-refractivity contribution in [2.75, 3.05) is 57.3 Å². The van der Waals surface area contributed by atoms with Gasteiger partial charge in [-0.1, -0.05) is 6.42 Å². The number of carbonyl (C=O) groups is 1. The summed E-state index contributed by atoms with van der Waals surface area (Å²) in [6.07, 6.45) is 9.10. The highest BCUT2D eigenvalue weighted by molar-refractivity contribution is 7.85. The molecule has 0 bridgehead atoms. The van der Waals surface area contributed by atoms with E-state index >= 15 is 0 Å². The molecule has 7 N–H and O–H groups in total. The Morgan fingerprint density at radius 2 is 1.74 bits per heavy atom. The second kappa shape index (κ2) is 13.9. The molecule has 0 aromatic heterocycles. The van der Waals surface area contributed by atoms with E-state index in [0.717, 1.165) is 108 Å². The first-order valence-electron chi connectivity index (χ1n) is 15.4. The molecule has 11 heteroatoms. The van der Waals surface area contributed by atoms with Gasteiger partial charge in [0.05, 0.1) is 17.6 Å². The molecule has 1 amide bonds. The predicted molar refractivity (Wildman–Crippen MR) is 159 cm³/mol. The van der Waals surface area contributed by atoms with Gasteiger partial charge in [-0.2, -0.15) is 0 Å². The minimum absolute atomic E-state index is 0.0172. The maximum atomic E-state index is 14.0. The Balaban J connectivity index is 1.26. The number of piperidine rings is 2. The lowest BCUT2D eigenvalue weighted by Gasteiger charge is -2.46. The fourth-order valence-electron chi connectivity index (χ4n) is 7.69. The van der Waals surface area contributed by atoms with Gasteiger partial charge < -0.3 is 27.4 Å². The minimum Gasteiger partial charge on any atom is -0.386 e. The Labute approximate surface area is 242 Å². The van der Waals surface area contributed by atoms with Crippen molar-refractivity contribution in [2.24, 2.45) is 23.3 Å². The summed E-state index contributed by atoms with van der Waals surface area (Å²) in [6, 6.07) is 0.904. The van der Waals surface area contributed by atoms with Crippen molar-refractivity contribution in [3.8, 4) is 0 Å². The normalized spacial score (nSPS) is 35.5. The Morgan fingerprint density at radius 1 is 0.974 bits per heavy atom. The quantitative estimate of drug-likeness (QED) is 0.228. The second-order valence-electron chi connectivity index (χ2n) is 12.3. The number of hydrogen-bond donors (Lipinski definition) is 5. The molecule has 9 nitrogen and oxygen atoms in total. The third kappa shape index (κ3) is 7.37. The average Bonchev–Trinajstić information content (AvgIpc) is 2.94. The Bertz CT molecular complexity index is 887. The maximum Gasteiger partial charge on any atom is 0.232 e. The van der Waals surface area contributed by atoms with E-state index in [9.17, 15) is 9.00 Å². The molecule has 3 saturated heterocycles. The van der Waals surface area contributed by atoms with Crippen LogP contribution in [-0.4, -0.2) is 107 Å². The van der Waals surface area contributed by atoms with Gasteiger partial charge in [-0.05, 0) is 69.4 Å². The van der Waals surface area contributed by atoms with Crippen LogP contribution >= 0.6 is 11.6 Å². The number of alkyl halides is 1. The highest BCUT2D eigenvalue weighted by Gasteiger charge is 2.39. The molecule has 0 aromatic rings. The zero-order valence-electron chi connectivity index (χ0n) is 23.4. The van der Waals surface area contributed by atoms with Gasteiger partial charge in [0.1, 0.15) is 5.92 Å². The van der Waals surface area contributed by atoms with Crippen molar-refractivity contribution in [1.29, 1.82) is 0 Å². The smallest absolute Gasteiger partial charge is 0.232 e. The number of halogens is 1. The molecule has 1 aliphatic carbocycles. The summed E-state index contributed by atoms with van der Waals surface area (Å²) in [4.78, 5) is 19.1. The van der Waals surface area contributed by atoms with Crippen molar-refractivity contribution < 1.29 is 9.00 Å². The Hall–Kier alpha value is -0.750. The molecule has 222 valence electrons. The summed E-state index contributed by atoms with van der Waals surface area (Å²) >= 11 is 6.60. The van der Waals surface area contributed by atoms with Crippen LogP contribution in [0.5, 0.6) is 0 Å². The van der Waals surface area contributed by atoms with E-state index in [0.29, 0.717) is 24.5 Å². The van der Waals surface area contributed by atoms with Crippen molar-refractivity contribution in [1.82, 2.24) is 25.8 Å². The molecule has 5 rings (SSSR count). The van der Waals surface area contributed by atoms with Crippen molar-refractivity contribution >= 4 is 28.3 Å². The van der Waals surface area contributed by atoms with E-state index in [1.807, 2.05) is 0 Å². The largest absolute Gasteiger partial charge is 0.386 e. The number of nitrogens with two attached hydrogens (primary N) is 2. The number of likely N-dealkylation sites (tertiary alicyclic amines) is 1. The van der Waals surface area contributed by atoms with Gasteiger partial charge in [0, 0.05) is 79.4 Å². The van der Waals surface area contributed by atoms with Crippen LogP contribution in [0.2, 0.25) is 0 Å². The molecule has 5 atom stereocenters. The van der Waals surface area contributed by atoms with Crippen LogP contribution in [0, 0.1) is 11.8 Å². The van der Waals surface area contributed by atoms with Crippen LogP contribution in [0.4, 0.5) is 0 Å². The zero-order chi connectivity index (χ0) is 27.4. The summed E-state index contributed by atoms with van der Waals surface area (Å²) in [7, 11) is -0.634. The fraction of sp³-hybridized carbons (Fsp3) is 0.893. The molecule has 4 aliphatic heterocycles. The van der Waals surface area contributed by atoms with E-state index in [4.69, 9.17) is 23.1 Å². The maximum absolute atomic E-state index is 14.0. The van der Waals surface area contributed by atoms with Gasteiger partial charge in [-0.15, -0.1) is 11.6 Å². The lowest BCUT2D eigenvalue weighted by Crippen LogP contribution is -2.63. The standard InChI is InChI=1S/C28H50ClN7O2S/c29-20-6-5-19-3-1-2-4-22(19)26(33-17-20)25(27(30)31)28(37)34-23-18-32-10-7-24(23)36-11-8-21(9-12-36)35-13-15-39(38)16-14-35/h19-21,23-25,27,32-33H,1-18,30-31H2,(H,34,37)/b26-22-. The third-order valence-corrected chi connectivity index (χ3v) is 11.5. The molecule has 5 unspecified atom stereocenters. The molecule has 0 radical (unpaired) electrons. The van der Waals surface area contributed by atoms with Gasteiger partial charge >= 0.3 is 0 Å². The SMILES string of the molecule is NC(N)C(C(=O)NC1CNCCC1N1CCC(N2CCS(=O)CC2)CC1)/C1=C2\CCCCC2CCC(Cl)CN1. The number of rotatable bonds is 6. The molecular weight excluding hydrogens is 534 g/mol. The van der Waals surface area contributed by atoms with E-state index in [1.54, 1.807) is 0 Å². The minimum atomic E-state index is -0.777. The summed E-state index contributed by atoms with van der Waals surface area (Å²) in [5, 5.41) is 10.5. The van der Waals surface area contributed by atoms with Gasteiger partial charge in [-0.3, -0.25) is 18.8 Å². The molecular formula is C28H50ClN7O2S. The molecule has 4 heterocycles.